The molecule has 0 aliphatic heterocycles. The number of ketones is 1. The summed E-state index contributed by atoms with van der Waals surface area (Å²) in [5.74, 6) is 1.53. The first-order chi connectivity index (χ1) is 15.9. The average molecular weight is 446 g/mol. The van der Waals surface area contributed by atoms with Crippen LogP contribution in [0.1, 0.15) is 40.3 Å². The van der Waals surface area contributed by atoms with E-state index in [2.05, 4.69) is 39.0 Å². The number of carbonyl (C=O) groups excluding carboxylic acids is 1. The van der Waals surface area contributed by atoms with E-state index in [9.17, 15) is 4.79 Å². The number of Topliss-reactive ketones (excluding diaryl/α,β-unsaturated/α-hetero) is 1. The molecule has 0 saturated heterocycles. The van der Waals surface area contributed by atoms with Gasteiger partial charge in [0.15, 0.2) is 17.3 Å². The van der Waals surface area contributed by atoms with E-state index in [0.717, 1.165) is 17.0 Å². The molecule has 4 aromatic rings. The van der Waals surface area contributed by atoms with Gasteiger partial charge >= 0.3 is 0 Å². The number of hydrogen-bond donors (Lipinski definition) is 0. The monoisotopic (exact) mass is 445 g/mol. The zero-order valence-corrected chi connectivity index (χ0v) is 19.4. The van der Waals surface area contributed by atoms with Crippen molar-refractivity contribution in [1.82, 2.24) is 24.8 Å². The second-order valence-electron chi connectivity index (χ2n) is 7.88. The SMILES string of the molecule is COc1ccc(-c2nnn(CC(=O)c3cc(C)n([C@H](C)c4ccccc4)c3C)n2)cc1OC. The molecule has 8 nitrogen and oxygen atoms in total. The molecular formula is C25H27N5O3. The first-order valence-electron chi connectivity index (χ1n) is 10.7. The number of benzene rings is 2. The number of tetrazole rings is 1. The fraction of sp³-hybridized carbons (Fsp3) is 0.280. The second kappa shape index (κ2) is 9.28. The molecule has 2 aromatic carbocycles. The largest absolute Gasteiger partial charge is 0.493 e. The Morgan fingerprint density at radius 2 is 1.73 bits per heavy atom. The zero-order chi connectivity index (χ0) is 23.5. The number of aromatic nitrogens is 5. The van der Waals surface area contributed by atoms with Gasteiger partial charge < -0.3 is 14.0 Å². The first-order valence-corrected chi connectivity index (χ1v) is 10.7. The van der Waals surface area contributed by atoms with E-state index in [4.69, 9.17) is 9.47 Å². The third-order valence-electron chi connectivity index (χ3n) is 5.83. The van der Waals surface area contributed by atoms with Gasteiger partial charge in [0.1, 0.15) is 6.54 Å². The molecule has 0 spiro atoms. The van der Waals surface area contributed by atoms with Crippen LogP contribution in [0.2, 0.25) is 0 Å². The van der Waals surface area contributed by atoms with Crippen LogP contribution in [0.15, 0.2) is 54.6 Å². The molecule has 2 heterocycles. The summed E-state index contributed by atoms with van der Waals surface area (Å²) in [4.78, 5) is 14.4. The van der Waals surface area contributed by atoms with Crippen LogP contribution in [0, 0.1) is 13.8 Å². The van der Waals surface area contributed by atoms with Gasteiger partial charge in [-0.05, 0) is 55.8 Å². The Morgan fingerprint density at radius 3 is 2.42 bits per heavy atom. The molecule has 1 atom stereocenters. The molecule has 0 fully saturated rings. The summed E-state index contributed by atoms with van der Waals surface area (Å²) in [5, 5.41) is 12.6. The van der Waals surface area contributed by atoms with Crippen LogP contribution >= 0.6 is 0 Å². The van der Waals surface area contributed by atoms with Gasteiger partial charge in [-0.2, -0.15) is 4.80 Å². The molecular weight excluding hydrogens is 418 g/mol. The van der Waals surface area contributed by atoms with Gasteiger partial charge in [-0.25, -0.2) is 0 Å². The van der Waals surface area contributed by atoms with Crippen molar-refractivity contribution in [2.75, 3.05) is 14.2 Å². The van der Waals surface area contributed by atoms with Crippen molar-refractivity contribution in [3.05, 3.63) is 77.1 Å². The minimum atomic E-state index is -0.0640. The standard InChI is InChI=1S/C25H27N5O3/c1-16-13-21(18(3)30(16)17(2)19-9-7-6-8-10-19)22(31)15-29-27-25(26-28-29)20-11-12-23(32-4)24(14-20)33-5/h6-14,17H,15H2,1-5H3/t17-/m1/s1. The molecule has 0 aliphatic rings. The number of aryl methyl sites for hydroxylation is 1. The van der Waals surface area contributed by atoms with Gasteiger partial charge in [0.2, 0.25) is 5.82 Å². The maximum atomic E-state index is 13.1. The van der Waals surface area contributed by atoms with Crippen LogP contribution in [-0.2, 0) is 6.54 Å². The minimum Gasteiger partial charge on any atom is -0.493 e. The Morgan fingerprint density at radius 1 is 1.00 bits per heavy atom. The Bertz CT molecular complexity index is 1280. The molecule has 0 amide bonds. The van der Waals surface area contributed by atoms with Crippen LogP contribution in [0.3, 0.4) is 0 Å². The van der Waals surface area contributed by atoms with E-state index in [1.807, 2.05) is 44.2 Å². The van der Waals surface area contributed by atoms with Crippen LogP contribution < -0.4 is 9.47 Å². The summed E-state index contributed by atoms with van der Waals surface area (Å²) in [6.45, 7) is 6.14. The molecule has 33 heavy (non-hydrogen) atoms. The van der Waals surface area contributed by atoms with Gasteiger partial charge in [-0.3, -0.25) is 4.79 Å². The van der Waals surface area contributed by atoms with Crippen molar-refractivity contribution in [2.45, 2.75) is 33.4 Å². The molecule has 0 unspecified atom stereocenters. The number of methoxy groups -OCH3 is 2. The highest BCUT2D eigenvalue weighted by molar-refractivity contribution is 5.97. The van der Waals surface area contributed by atoms with Crippen LogP contribution in [0.25, 0.3) is 11.4 Å². The summed E-state index contributed by atoms with van der Waals surface area (Å²) in [6.07, 6.45) is 0. The van der Waals surface area contributed by atoms with Crippen molar-refractivity contribution in [1.29, 1.82) is 0 Å². The van der Waals surface area contributed by atoms with E-state index >= 15 is 0 Å². The normalized spacial score (nSPS) is 11.9. The summed E-state index contributed by atoms with van der Waals surface area (Å²) in [5.41, 5.74) is 4.54. The lowest BCUT2D eigenvalue weighted by molar-refractivity contribution is 0.0960. The quantitative estimate of drug-likeness (QED) is 0.377. The molecule has 0 N–H and O–H groups in total. The van der Waals surface area contributed by atoms with Gasteiger partial charge in [-0.1, -0.05) is 30.3 Å². The van der Waals surface area contributed by atoms with Gasteiger partial charge in [0, 0.05) is 22.5 Å². The predicted molar refractivity (Wildman–Crippen MR) is 125 cm³/mol. The maximum absolute atomic E-state index is 13.1. The molecule has 0 aliphatic carbocycles. The van der Waals surface area contributed by atoms with Crippen LogP contribution in [0.4, 0.5) is 0 Å². The van der Waals surface area contributed by atoms with Crippen molar-refractivity contribution in [2.24, 2.45) is 0 Å². The van der Waals surface area contributed by atoms with Crippen molar-refractivity contribution in [3.63, 3.8) is 0 Å². The van der Waals surface area contributed by atoms with Gasteiger partial charge in [0.25, 0.3) is 0 Å². The number of ether oxygens (including phenoxy) is 2. The van der Waals surface area contributed by atoms with Crippen molar-refractivity contribution < 1.29 is 14.3 Å². The highest BCUT2D eigenvalue weighted by Gasteiger charge is 2.21. The number of nitrogens with zero attached hydrogens (tertiary/aromatic N) is 5. The van der Waals surface area contributed by atoms with E-state index < -0.39 is 0 Å². The van der Waals surface area contributed by atoms with Gasteiger partial charge in [-0.15, -0.1) is 10.2 Å². The Kier molecular flexibility index (Phi) is 6.26. The molecule has 0 bridgehead atoms. The van der Waals surface area contributed by atoms with Crippen molar-refractivity contribution in [3.8, 4) is 22.9 Å². The fourth-order valence-electron chi connectivity index (χ4n) is 4.15. The average Bonchev–Trinajstić information content (AvgIpc) is 3.42. The van der Waals surface area contributed by atoms with E-state index in [1.165, 1.54) is 10.4 Å². The molecule has 8 heteroatoms. The zero-order valence-electron chi connectivity index (χ0n) is 19.4. The lowest BCUT2D eigenvalue weighted by Gasteiger charge is -2.19. The highest BCUT2D eigenvalue weighted by atomic mass is 16.5. The molecule has 0 saturated carbocycles. The Labute approximate surface area is 192 Å². The fourth-order valence-corrected chi connectivity index (χ4v) is 4.15. The lowest BCUT2D eigenvalue weighted by atomic mass is 10.1. The number of rotatable bonds is 8. The third-order valence-corrected chi connectivity index (χ3v) is 5.83. The summed E-state index contributed by atoms with van der Waals surface area (Å²) in [7, 11) is 3.15. The molecule has 4 rings (SSSR count). The maximum Gasteiger partial charge on any atom is 0.205 e. The van der Waals surface area contributed by atoms with E-state index in [0.29, 0.717) is 22.9 Å². The molecule has 0 radical (unpaired) electrons. The molecule has 2 aromatic heterocycles. The topological polar surface area (TPSA) is 84.1 Å². The minimum absolute atomic E-state index is 0.00427. The Hall–Kier alpha value is -3.94. The first kappa shape index (κ1) is 22.3. The number of carbonyl (C=O) groups is 1. The van der Waals surface area contributed by atoms with E-state index in [1.54, 1.807) is 26.4 Å². The summed E-state index contributed by atoms with van der Waals surface area (Å²) < 4.78 is 12.8. The molecule has 170 valence electrons. The van der Waals surface area contributed by atoms with Crippen LogP contribution in [0.5, 0.6) is 11.5 Å². The smallest absolute Gasteiger partial charge is 0.205 e. The second-order valence-corrected chi connectivity index (χ2v) is 7.88. The predicted octanol–water partition coefficient (Wildman–Crippen LogP) is 4.27. The highest BCUT2D eigenvalue weighted by Crippen LogP contribution is 2.31. The number of hydrogen-bond acceptors (Lipinski definition) is 6. The lowest BCUT2D eigenvalue weighted by Crippen LogP contribution is -2.15. The summed E-state index contributed by atoms with van der Waals surface area (Å²) in [6, 6.07) is 17.7. The van der Waals surface area contributed by atoms with Gasteiger partial charge in [0.05, 0.1) is 20.3 Å². The van der Waals surface area contributed by atoms with E-state index in [-0.39, 0.29) is 18.4 Å². The van der Waals surface area contributed by atoms with Crippen molar-refractivity contribution >= 4 is 5.78 Å². The van der Waals surface area contributed by atoms with Crippen LogP contribution in [-0.4, -0.2) is 44.8 Å². The Balaban J connectivity index is 1.55. The third kappa shape index (κ3) is 4.37. The summed E-state index contributed by atoms with van der Waals surface area (Å²) >= 11 is 0.